The highest BCUT2D eigenvalue weighted by Crippen LogP contribution is 2.13. The number of hydrogen-bond donors (Lipinski definition) is 2. The van der Waals surface area contributed by atoms with Crippen molar-refractivity contribution in [2.75, 3.05) is 4.72 Å². The summed E-state index contributed by atoms with van der Waals surface area (Å²) >= 11 is -1.98. The Balaban J connectivity index is 2.93. The lowest BCUT2D eigenvalue weighted by molar-refractivity contribution is 0.570. The van der Waals surface area contributed by atoms with Crippen molar-refractivity contribution in [1.82, 2.24) is 0 Å². The van der Waals surface area contributed by atoms with Gasteiger partial charge in [0.1, 0.15) is 0 Å². The van der Waals surface area contributed by atoms with Gasteiger partial charge in [0.25, 0.3) is 11.3 Å². The Kier molecular flexibility index (Phi) is 2.83. The highest BCUT2D eigenvalue weighted by Gasteiger charge is 1.96. The predicted octanol–water partition coefficient (Wildman–Crippen LogP) is 1.85. The molecule has 0 bridgehead atoms. The van der Waals surface area contributed by atoms with Gasteiger partial charge in [0, 0.05) is 5.69 Å². The van der Waals surface area contributed by atoms with Crippen molar-refractivity contribution < 1.29 is 8.76 Å². The molecule has 0 amide bonds. The predicted molar refractivity (Wildman–Crippen MR) is 50.3 cm³/mol. The summed E-state index contributed by atoms with van der Waals surface area (Å²) < 4.78 is 21.4. The van der Waals surface area contributed by atoms with Gasteiger partial charge in [-0.05, 0) is 37.1 Å². The van der Waals surface area contributed by atoms with Crippen molar-refractivity contribution >= 4 is 17.0 Å². The minimum atomic E-state index is -1.98. The molecule has 1 unspecified atom stereocenters. The summed E-state index contributed by atoms with van der Waals surface area (Å²) in [5, 5.41) is 0. The highest BCUT2D eigenvalue weighted by atomic mass is 32.2. The molecule has 1 aromatic rings. The third-order valence-electron chi connectivity index (χ3n) is 1.43. The molecular formula is C8H11NO2S. The van der Waals surface area contributed by atoms with Crippen LogP contribution >= 0.6 is 0 Å². The Morgan fingerprint density at radius 2 is 1.75 bits per heavy atom. The van der Waals surface area contributed by atoms with Gasteiger partial charge in [0.15, 0.2) is 0 Å². The maximum atomic E-state index is 10.4. The monoisotopic (exact) mass is 185 g/mol. The fourth-order valence-electron chi connectivity index (χ4n) is 1.13. The average Bonchev–Trinajstić information content (AvgIpc) is 1.81. The molecule has 3 nitrogen and oxygen atoms in total. The molecule has 0 aliphatic heterocycles. The molecule has 0 saturated heterocycles. The minimum absolute atomic E-state index is 0.674. The Labute approximate surface area is 74.2 Å². The largest absolute Gasteiger partial charge is 0.289 e. The van der Waals surface area contributed by atoms with Crippen LogP contribution in [-0.4, -0.2) is 8.76 Å². The second-order valence-corrected chi connectivity index (χ2v) is 3.43. The van der Waals surface area contributed by atoms with Crippen LogP contribution in [0.5, 0.6) is 0 Å². The second kappa shape index (κ2) is 3.69. The van der Waals surface area contributed by atoms with E-state index >= 15 is 0 Å². The zero-order chi connectivity index (χ0) is 9.14. The molecule has 1 aromatic carbocycles. The lowest BCUT2D eigenvalue weighted by atomic mass is 10.1. The summed E-state index contributed by atoms with van der Waals surface area (Å²) in [5.41, 5.74) is 2.82. The number of aryl methyl sites for hydroxylation is 2. The van der Waals surface area contributed by atoms with Gasteiger partial charge in [-0.2, -0.15) is 0 Å². The van der Waals surface area contributed by atoms with E-state index < -0.39 is 11.3 Å². The molecule has 66 valence electrons. The summed E-state index contributed by atoms with van der Waals surface area (Å²) in [5.74, 6) is 0. The standard InChI is InChI=1S/C8H11NO2S/c1-6-3-7(2)5-8(4-6)9-12(10)11/h3-5,9H,1-2H3,(H,10,11). The fraction of sp³-hybridized carbons (Fsp3) is 0.250. The molecule has 12 heavy (non-hydrogen) atoms. The van der Waals surface area contributed by atoms with Crippen LogP contribution in [0.4, 0.5) is 5.69 Å². The zero-order valence-corrected chi connectivity index (χ0v) is 7.81. The second-order valence-electron chi connectivity index (χ2n) is 2.73. The Bertz CT molecular complexity index is 292. The van der Waals surface area contributed by atoms with Crippen LogP contribution < -0.4 is 4.72 Å². The third-order valence-corrected chi connectivity index (χ3v) is 1.84. The molecular weight excluding hydrogens is 174 g/mol. The Morgan fingerprint density at radius 3 is 2.17 bits per heavy atom. The van der Waals surface area contributed by atoms with E-state index in [4.69, 9.17) is 4.55 Å². The van der Waals surface area contributed by atoms with Crippen molar-refractivity contribution in [3.63, 3.8) is 0 Å². The maximum absolute atomic E-state index is 10.4. The van der Waals surface area contributed by atoms with Crippen molar-refractivity contribution in [2.24, 2.45) is 0 Å². The van der Waals surface area contributed by atoms with Gasteiger partial charge in [-0.15, -0.1) is 0 Å². The maximum Gasteiger partial charge on any atom is 0.259 e. The van der Waals surface area contributed by atoms with Crippen molar-refractivity contribution in [3.05, 3.63) is 29.3 Å². The third kappa shape index (κ3) is 2.64. The van der Waals surface area contributed by atoms with Crippen molar-refractivity contribution in [1.29, 1.82) is 0 Å². The van der Waals surface area contributed by atoms with E-state index in [1.807, 2.05) is 32.0 Å². The number of benzene rings is 1. The number of rotatable bonds is 2. The van der Waals surface area contributed by atoms with E-state index in [1.165, 1.54) is 0 Å². The molecule has 1 atom stereocenters. The molecule has 2 N–H and O–H groups in total. The number of anilines is 1. The number of hydrogen-bond acceptors (Lipinski definition) is 1. The van der Waals surface area contributed by atoms with E-state index in [2.05, 4.69) is 4.72 Å². The summed E-state index contributed by atoms with van der Waals surface area (Å²) in [7, 11) is 0. The quantitative estimate of drug-likeness (QED) is 0.691. The van der Waals surface area contributed by atoms with Gasteiger partial charge in [-0.1, -0.05) is 6.07 Å². The highest BCUT2D eigenvalue weighted by molar-refractivity contribution is 7.80. The van der Waals surface area contributed by atoms with Crippen LogP contribution in [0.1, 0.15) is 11.1 Å². The normalized spacial score (nSPS) is 12.6. The Hall–Kier alpha value is -0.870. The summed E-state index contributed by atoms with van der Waals surface area (Å²) in [4.78, 5) is 0. The minimum Gasteiger partial charge on any atom is -0.289 e. The molecule has 0 aromatic heterocycles. The van der Waals surface area contributed by atoms with Gasteiger partial charge in [-0.25, -0.2) is 4.21 Å². The van der Waals surface area contributed by atoms with Crippen LogP contribution in [0.3, 0.4) is 0 Å². The first-order chi connectivity index (χ1) is 5.58. The fourth-order valence-corrected chi connectivity index (χ4v) is 1.45. The van der Waals surface area contributed by atoms with Gasteiger partial charge < -0.3 is 0 Å². The molecule has 4 heteroatoms. The van der Waals surface area contributed by atoms with Gasteiger partial charge in [0.05, 0.1) is 0 Å². The first kappa shape index (κ1) is 9.22. The summed E-state index contributed by atoms with van der Waals surface area (Å²) in [6, 6.07) is 5.65. The smallest absolute Gasteiger partial charge is 0.259 e. The molecule has 1 rings (SSSR count). The van der Waals surface area contributed by atoms with E-state index in [0.717, 1.165) is 11.1 Å². The zero-order valence-electron chi connectivity index (χ0n) is 7.00. The molecule has 0 spiro atoms. The number of nitrogens with one attached hydrogen (secondary N) is 1. The summed E-state index contributed by atoms with van der Waals surface area (Å²) in [6.07, 6.45) is 0. The van der Waals surface area contributed by atoms with Gasteiger partial charge >= 0.3 is 0 Å². The Morgan fingerprint density at radius 1 is 1.25 bits per heavy atom. The molecule has 0 radical (unpaired) electrons. The molecule has 0 aliphatic rings. The van der Waals surface area contributed by atoms with Crippen molar-refractivity contribution in [3.8, 4) is 0 Å². The first-order valence-corrected chi connectivity index (χ1v) is 4.64. The summed E-state index contributed by atoms with van der Waals surface area (Å²) in [6.45, 7) is 3.89. The SMILES string of the molecule is Cc1cc(C)cc(NS(=O)O)c1. The van der Waals surface area contributed by atoms with Gasteiger partial charge in [-0.3, -0.25) is 9.27 Å². The van der Waals surface area contributed by atoms with E-state index in [-0.39, 0.29) is 0 Å². The lowest BCUT2D eigenvalue weighted by Gasteiger charge is -2.03. The first-order valence-electron chi connectivity index (χ1n) is 3.54. The van der Waals surface area contributed by atoms with E-state index in [0.29, 0.717) is 5.69 Å². The molecule has 0 aliphatic carbocycles. The van der Waals surface area contributed by atoms with Crippen LogP contribution in [0.25, 0.3) is 0 Å². The van der Waals surface area contributed by atoms with Crippen LogP contribution in [-0.2, 0) is 11.3 Å². The molecule has 0 saturated carbocycles. The molecule has 0 heterocycles. The van der Waals surface area contributed by atoms with Crippen LogP contribution in [0.15, 0.2) is 18.2 Å². The van der Waals surface area contributed by atoms with Gasteiger partial charge in [0.2, 0.25) is 0 Å². The lowest BCUT2D eigenvalue weighted by Crippen LogP contribution is -2.02. The van der Waals surface area contributed by atoms with Crippen molar-refractivity contribution in [2.45, 2.75) is 13.8 Å². The van der Waals surface area contributed by atoms with Crippen LogP contribution in [0, 0.1) is 13.8 Å². The topological polar surface area (TPSA) is 49.3 Å². The molecule has 0 fully saturated rings. The van der Waals surface area contributed by atoms with E-state index in [1.54, 1.807) is 0 Å². The van der Waals surface area contributed by atoms with E-state index in [9.17, 15) is 4.21 Å². The van der Waals surface area contributed by atoms with Crippen LogP contribution in [0.2, 0.25) is 0 Å². The average molecular weight is 185 g/mol.